The average molecular weight is 644 g/mol. The van der Waals surface area contributed by atoms with Gasteiger partial charge in [0.25, 0.3) is 0 Å². The van der Waals surface area contributed by atoms with Gasteiger partial charge in [-0.3, -0.25) is 34.1 Å². The van der Waals surface area contributed by atoms with E-state index in [2.05, 4.69) is 25.3 Å². The third-order valence-electron chi connectivity index (χ3n) is 8.69. The van der Waals surface area contributed by atoms with Crippen LogP contribution in [0.5, 0.6) is 0 Å². The maximum absolute atomic E-state index is 13.1. The molecular formula is C37H37N7O4. The first-order chi connectivity index (χ1) is 23.4. The Bertz CT molecular complexity index is 1630. The number of carbonyl (C=O) groups excluding carboxylic acids is 4. The molecule has 2 saturated heterocycles. The topological polar surface area (TPSA) is 138 Å². The Morgan fingerprint density at radius 1 is 0.688 bits per heavy atom. The molecule has 0 bridgehead atoms. The number of nitrogens with one attached hydrogen (secondary N) is 1. The van der Waals surface area contributed by atoms with E-state index in [1.165, 1.54) is 0 Å². The predicted molar refractivity (Wildman–Crippen MR) is 180 cm³/mol. The van der Waals surface area contributed by atoms with E-state index in [-0.39, 0.29) is 42.8 Å². The monoisotopic (exact) mass is 643 g/mol. The zero-order valence-electron chi connectivity index (χ0n) is 26.6. The standard InChI is InChI=1S/C37H37N7O4/c45-33(31-7-3-17-43(31)35(46)19-28-5-1-15-38-22-28)21-30-13-11-26(24-40-30)9-10-27-12-14-34(41-25-27)42-37(48)32-8-4-18-44(32)36(47)20-29-6-2-16-39-23-29/h1-2,5-6,9-16,22-25,31-32H,3-4,7-8,17-21H2,(H,41,42,48)/b10-9+/t31?,32-/m0/s1. The van der Waals surface area contributed by atoms with Crippen LogP contribution in [-0.2, 0) is 38.4 Å². The van der Waals surface area contributed by atoms with E-state index >= 15 is 0 Å². The second kappa shape index (κ2) is 15.3. The smallest absolute Gasteiger partial charge is 0.248 e. The van der Waals surface area contributed by atoms with E-state index in [0.29, 0.717) is 37.4 Å². The highest BCUT2D eigenvalue weighted by molar-refractivity contribution is 5.97. The van der Waals surface area contributed by atoms with Crippen molar-refractivity contribution in [3.05, 3.63) is 114 Å². The molecule has 0 saturated carbocycles. The van der Waals surface area contributed by atoms with Crippen molar-refractivity contribution in [1.29, 1.82) is 0 Å². The van der Waals surface area contributed by atoms with Gasteiger partial charge in [0, 0.05) is 56.0 Å². The first-order valence-corrected chi connectivity index (χ1v) is 16.2. The summed E-state index contributed by atoms with van der Waals surface area (Å²) in [5.74, 6) is 0.0242. The van der Waals surface area contributed by atoms with Gasteiger partial charge in [-0.15, -0.1) is 0 Å². The summed E-state index contributed by atoms with van der Waals surface area (Å²) in [5.41, 5.74) is 4.00. The van der Waals surface area contributed by atoms with Crippen molar-refractivity contribution in [2.24, 2.45) is 0 Å². The van der Waals surface area contributed by atoms with Crippen LogP contribution in [0.2, 0.25) is 0 Å². The Morgan fingerprint density at radius 3 is 1.81 bits per heavy atom. The number of nitrogens with zero attached hydrogens (tertiary/aromatic N) is 6. The zero-order chi connectivity index (χ0) is 33.3. The van der Waals surface area contributed by atoms with Gasteiger partial charge in [0.05, 0.1) is 25.3 Å². The molecule has 11 heteroatoms. The molecule has 2 atom stereocenters. The number of amides is 3. The van der Waals surface area contributed by atoms with E-state index < -0.39 is 12.1 Å². The summed E-state index contributed by atoms with van der Waals surface area (Å²) < 4.78 is 0. The molecule has 0 spiro atoms. The molecule has 48 heavy (non-hydrogen) atoms. The van der Waals surface area contributed by atoms with Gasteiger partial charge < -0.3 is 15.1 Å². The zero-order valence-corrected chi connectivity index (χ0v) is 26.6. The number of anilines is 1. The molecule has 244 valence electrons. The van der Waals surface area contributed by atoms with Crippen LogP contribution in [-0.4, -0.2) is 78.4 Å². The van der Waals surface area contributed by atoms with Crippen molar-refractivity contribution in [1.82, 2.24) is 29.7 Å². The number of carbonyl (C=O) groups is 4. The highest BCUT2D eigenvalue weighted by atomic mass is 16.2. The molecule has 11 nitrogen and oxygen atoms in total. The van der Waals surface area contributed by atoms with E-state index in [0.717, 1.165) is 35.1 Å². The van der Waals surface area contributed by atoms with Crippen molar-refractivity contribution < 1.29 is 19.2 Å². The first-order valence-electron chi connectivity index (χ1n) is 16.2. The van der Waals surface area contributed by atoms with Gasteiger partial charge in [-0.2, -0.15) is 0 Å². The van der Waals surface area contributed by atoms with Crippen LogP contribution in [0.3, 0.4) is 0 Å². The molecule has 4 aromatic rings. The number of pyridine rings is 4. The highest BCUT2D eigenvalue weighted by Crippen LogP contribution is 2.22. The Balaban J connectivity index is 0.985. The molecular weight excluding hydrogens is 606 g/mol. The fourth-order valence-electron chi connectivity index (χ4n) is 6.21. The number of Topliss-reactive ketones (excluding diaryl/α,β-unsaturated/α-hetero) is 1. The maximum Gasteiger partial charge on any atom is 0.248 e. The second-order valence-electron chi connectivity index (χ2n) is 12.1. The van der Waals surface area contributed by atoms with Gasteiger partial charge >= 0.3 is 0 Å². The predicted octanol–water partition coefficient (Wildman–Crippen LogP) is 3.95. The minimum atomic E-state index is -0.529. The Kier molecular flexibility index (Phi) is 10.3. The third-order valence-corrected chi connectivity index (χ3v) is 8.69. The molecule has 1 unspecified atom stereocenters. The Hall–Kier alpha value is -5.58. The van der Waals surface area contributed by atoms with Crippen LogP contribution in [0.1, 0.15) is 53.6 Å². The minimum Gasteiger partial charge on any atom is -0.332 e. The number of likely N-dealkylation sites (tertiary alicyclic amines) is 2. The van der Waals surface area contributed by atoms with E-state index in [1.54, 1.807) is 65.2 Å². The summed E-state index contributed by atoms with van der Waals surface area (Å²) in [6.07, 6.45) is 17.3. The summed E-state index contributed by atoms with van der Waals surface area (Å²) in [6.45, 7) is 1.14. The van der Waals surface area contributed by atoms with Crippen molar-refractivity contribution >= 4 is 41.5 Å². The van der Waals surface area contributed by atoms with Gasteiger partial charge in [-0.05, 0) is 78.3 Å². The Labute approximate surface area is 279 Å². The van der Waals surface area contributed by atoms with Gasteiger partial charge in [0.2, 0.25) is 17.7 Å². The molecule has 3 amide bonds. The molecule has 1 N–H and O–H groups in total. The molecule has 4 aromatic heterocycles. The van der Waals surface area contributed by atoms with Crippen LogP contribution in [0.15, 0.2) is 85.7 Å². The van der Waals surface area contributed by atoms with E-state index in [1.807, 2.05) is 42.5 Å². The molecule has 2 aliphatic rings. The van der Waals surface area contributed by atoms with Gasteiger partial charge in [0.1, 0.15) is 11.9 Å². The lowest BCUT2D eigenvalue weighted by molar-refractivity contribution is -0.136. The molecule has 0 aliphatic carbocycles. The molecule has 0 aromatic carbocycles. The number of ketones is 1. The fraction of sp³-hybridized carbons (Fsp3) is 0.297. The van der Waals surface area contributed by atoms with Crippen molar-refractivity contribution in [2.45, 2.75) is 57.0 Å². The third kappa shape index (κ3) is 8.22. The van der Waals surface area contributed by atoms with Gasteiger partial charge in [0.15, 0.2) is 5.78 Å². The summed E-state index contributed by atoms with van der Waals surface area (Å²) in [4.78, 5) is 72.3. The first kappa shape index (κ1) is 32.4. The SMILES string of the molecule is O=C(Cc1ccc(/C=C/c2ccc(NC(=O)[C@@H]3CCCN3C(=O)Cc3cccnc3)nc2)cn1)C1CCCN1C(=O)Cc1cccnc1. The lowest BCUT2D eigenvalue weighted by Gasteiger charge is -2.24. The number of rotatable bonds is 11. The summed E-state index contributed by atoms with van der Waals surface area (Å²) in [5, 5.41) is 2.85. The Morgan fingerprint density at radius 2 is 1.27 bits per heavy atom. The van der Waals surface area contributed by atoms with Crippen LogP contribution >= 0.6 is 0 Å². The highest BCUT2D eigenvalue weighted by Gasteiger charge is 2.35. The second-order valence-corrected chi connectivity index (χ2v) is 12.1. The molecule has 2 fully saturated rings. The van der Waals surface area contributed by atoms with Crippen molar-refractivity contribution in [2.75, 3.05) is 18.4 Å². The van der Waals surface area contributed by atoms with Crippen molar-refractivity contribution in [3.63, 3.8) is 0 Å². The van der Waals surface area contributed by atoms with Gasteiger partial charge in [-0.25, -0.2) is 4.98 Å². The molecule has 2 aliphatic heterocycles. The van der Waals surface area contributed by atoms with Crippen LogP contribution in [0.4, 0.5) is 5.82 Å². The minimum absolute atomic E-state index is 0.00180. The van der Waals surface area contributed by atoms with Crippen LogP contribution in [0, 0.1) is 0 Å². The molecule has 6 rings (SSSR count). The summed E-state index contributed by atoms with van der Waals surface area (Å²) >= 11 is 0. The quantitative estimate of drug-likeness (QED) is 0.259. The van der Waals surface area contributed by atoms with Gasteiger partial charge in [-0.1, -0.05) is 30.4 Å². The largest absolute Gasteiger partial charge is 0.332 e. The van der Waals surface area contributed by atoms with E-state index in [9.17, 15) is 19.2 Å². The lowest BCUT2D eigenvalue weighted by atomic mass is 10.0. The summed E-state index contributed by atoms with van der Waals surface area (Å²) in [7, 11) is 0. The van der Waals surface area contributed by atoms with Crippen LogP contribution < -0.4 is 5.32 Å². The number of hydrogen-bond donors (Lipinski definition) is 1. The average Bonchev–Trinajstić information content (AvgIpc) is 3.81. The summed E-state index contributed by atoms with van der Waals surface area (Å²) in [6, 6.07) is 13.7. The molecule has 6 heterocycles. The fourth-order valence-corrected chi connectivity index (χ4v) is 6.21. The number of aromatic nitrogens is 4. The number of hydrogen-bond acceptors (Lipinski definition) is 8. The van der Waals surface area contributed by atoms with E-state index in [4.69, 9.17) is 0 Å². The van der Waals surface area contributed by atoms with Crippen molar-refractivity contribution in [3.8, 4) is 0 Å². The maximum atomic E-state index is 13.1. The normalized spacial score (nSPS) is 17.5. The van der Waals surface area contributed by atoms with Crippen LogP contribution in [0.25, 0.3) is 12.2 Å². The lowest BCUT2D eigenvalue weighted by Crippen LogP contribution is -2.43. The molecule has 0 radical (unpaired) electrons.